The van der Waals surface area contributed by atoms with E-state index in [2.05, 4.69) is 21.2 Å². The second kappa shape index (κ2) is 5.75. The topological polar surface area (TPSA) is 59.3 Å². The van der Waals surface area contributed by atoms with Gasteiger partial charge in [0.2, 0.25) is 0 Å². The van der Waals surface area contributed by atoms with Gasteiger partial charge < -0.3 is 9.73 Å². The van der Waals surface area contributed by atoms with Crippen LogP contribution in [0, 0.1) is 0 Å². The molecule has 0 aliphatic carbocycles. The van der Waals surface area contributed by atoms with Crippen molar-refractivity contribution in [2.24, 2.45) is 0 Å². The Labute approximate surface area is 116 Å². The molecule has 18 heavy (non-hydrogen) atoms. The Hall–Kier alpha value is -0.330. The quantitative estimate of drug-likeness (QED) is 0.918. The number of nitrogens with one attached hydrogen (secondary N) is 1. The van der Waals surface area contributed by atoms with Gasteiger partial charge in [0.1, 0.15) is 5.76 Å². The van der Waals surface area contributed by atoms with E-state index in [1.54, 1.807) is 6.07 Å². The van der Waals surface area contributed by atoms with Gasteiger partial charge in [-0.2, -0.15) is 0 Å². The maximum absolute atomic E-state index is 12.2. The van der Waals surface area contributed by atoms with Crippen molar-refractivity contribution in [1.29, 1.82) is 0 Å². The Morgan fingerprint density at radius 3 is 2.83 bits per heavy atom. The van der Waals surface area contributed by atoms with Crippen LogP contribution in [0.4, 0.5) is 0 Å². The SMILES string of the molecule is CCNC(c1ccc(Br)o1)C1CCCCS1(=O)=O. The molecule has 1 fully saturated rings. The fourth-order valence-electron chi connectivity index (χ4n) is 2.48. The third kappa shape index (κ3) is 2.97. The van der Waals surface area contributed by atoms with Crippen molar-refractivity contribution in [3.8, 4) is 0 Å². The first-order valence-corrected chi connectivity index (χ1v) is 8.75. The number of hydrogen-bond acceptors (Lipinski definition) is 4. The molecule has 2 heterocycles. The lowest BCUT2D eigenvalue weighted by Crippen LogP contribution is -2.40. The smallest absolute Gasteiger partial charge is 0.169 e. The van der Waals surface area contributed by atoms with Crippen LogP contribution in [-0.4, -0.2) is 26.0 Å². The predicted molar refractivity (Wildman–Crippen MR) is 74.3 cm³/mol. The van der Waals surface area contributed by atoms with E-state index in [9.17, 15) is 8.42 Å². The lowest BCUT2D eigenvalue weighted by molar-refractivity contribution is 0.374. The first-order valence-electron chi connectivity index (χ1n) is 6.25. The number of halogens is 1. The van der Waals surface area contributed by atoms with E-state index < -0.39 is 9.84 Å². The van der Waals surface area contributed by atoms with Gasteiger partial charge in [0, 0.05) is 0 Å². The molecular formula is C12H18BrNO3S. The Morgan fingerprint density at radius 1 is 1.50 bits per heavy atom. The van der Waals surface area contributed by atoms with Gasteiger partial charge in [-0.25, -0.2) is 8.42 Å². The molecule has 2 atom stereocenters. The summed E-state index contributed by atoms with van der Waals surface area (Å²) < 4.78 is 30.5. The van der Waals surface area contributed by atoms with Crippen LogP contribution in [0.1, 0.15) is 38.0 Å². The number of furan rings is 1. The van der Waals surface area contributed by atoms with Crippen LogP contribution < -0.4 is 5.32 Å². The summed E-state index contributed by atoms with van der Waals surface area (Å²) in [5.41, 5.74) is 0. The Bertz CT molecular complexity index is 497. The molecule has 1 N–H and O–H groups in total. The van der Waals surface area contributed by atoms with Crippen LogP contribution in [0.15, 0.2) is 21.2 Å². The number of sulfone groups is 1. The molecular weight excluding hydrogens is 318 g/mol. The van der Waals surface area contributed by atoms with E-state index in [1.165, 1.54) is 0 Å². The van der Waals surface area contributed by atoms with Crippen molar-refractivity contribution in [3.05, 3.63) is 22.6 Å². The highest BCUT2D eigenvalue weighted by molar-refractivity contribution is 9.10. The van der Waals surface area contributed by atoms with E-state index in [1.807, 2.05) is 13.0 Å². The molecule has 0 radical (unpaired) electrons. The van der Waals surface area contributed by atoms with Gasteiger partial charge in [0.25, 0.3) is 0 Å². The van der Waals surface area contributed by atoms with Crippen LogP contribution in [0.2, 0.25) is 0 Å². The summed E-state index contributed by atoms with van der Waals surface area (Å²) in [5, 5.41) is 2.87. The molecule has 1 aliphatic heterocycles. The molecule has 1 aromatic rings. The summed E-state index contributed by atoms with van der Waals surface area (Å²) in [6.07, 6.45) is 2.45. The maximum atomic E-state index is 12.2. The minimum atomic E-state index is -3.02. The lowest BCUT2D eigenvalue weighted by Gasteiger charge is -2.29. The monoisotopic (exact) mass is 335 g/mol. The zero-order valence-electron chi connectivity index (χ0n) is 10.4. The van der Waals surface area contributed by atoms with Crippen molar-refractivity contribution in [2.45, 2.75) is 37.5 Å². The van der Waals surface area contributed by atoms with Crippen LogP contribution in [0.5, 0.6) is 0 Å². The third-order valence-corrected chi connectivity index (χ3v) is 6.04. The van der Waals surface area contributed by atoms with Gasteiger partial charge in [-0.05, 0) is 47.4 Å². The fraction of sp³-hybridized carbons (Fsp3) is 0.667. The molecule has 6 heteroatoms. The largest absolute Gasteiger partial charge is 0.453 e. The molecule has 0 spiro atoms. The highest BCUT2D eigenvalue weighted by Gasteiger charge is 2.37. The van der Waals surface area contributed by atoms with E-state index >= 15 is 0 Å². The van der Waals surface area contributed by atoms with Gasteiger partial charge >= 0.3 is 0 Å². The molecule has 102 valence electrons. The molecule has 4 nitrogen and oxygen atoms in total. The van der Waals surface area contributed by atoms with Gasteiger partial charge in [-0.1, -0.05) is 13.3 Å². The van der Waals surface area contributed by atoms with Crippen molar-refractivity contribution >= 4 is 25.8 Å². The van der Waals surface area contributed by atoms with E-state index in [-0.39, 0.29) is 11.3 Å². The normalized spacial score (nSPS) is 24.9. The highest BCUT2D eigenvalue weighted by Crippen LogP contribution is 2.32. The van der Waals surface area contributed by atoms with Gasteiger partial charge in [0.15, 0.2) is 14.5 Å². The molecule has 1 aromatic heterocycles. The van der Waals surface area contributed by atoms with Crippen LogP contribution in [-0.2, 0) is 9.84 Å². The fourth-order valence-corrected chi connectivity index (χ4v) is 4.88. The minimum absolute atomic E-state index is 0.244. The summed E-state index contributed by atoms with van der Waals surface area (Å²) in [5.74, 6) is 0.987. The van der Waals surface area contributed by atoms with Crippen LogP contribution >= 0.6 is 15.9 Å². The first-order chi connectivity index (χ1) is 8.54. The minimum Gasteiger partial charge on any atom is -0.453 e. The molecule has 1 saturated heterocycles. The summed E-state index contributed by atoms with van der Waals surface area (Å²) in [4.78, 5) is 0. The van der Waals surface area contributed by atoms with Crippen molar-refractivity contribution in [3.63, 3.8) is 0 Å². The number of hydrogen-bond donors (Lipinski definition) is 1. The summed E-state index contributed by atoms with van der Waals surface area (Å²) >= 11 is 3.26. The molecule has 0 amide bonds. The van der Waals surface area contributed by atoms with E-state index in [0.717, 1.165) is 19.4 Å². The van der Waals surface area contributed by atoms with E-state index in [4.69, 9.17) is 4.42 Å². The average Bonchev–Trinajstić information content (AvgIpc) is 2.73. The Balaban J connectivity index is 2.29. The molecule has 1 aliphatic rings. The summed E-state index contributed by atoms with van der Waals surface area (Å²) in [7, 11) is -3.02. The zero-order chi connectivity index (χ0) is 13.2. The first kappa shape index (κ1) is 14.1. The van der Waals surface area contributed by atoms with Crippen molar-refractivity contribution in [1.82, 2.24) is 5.32 Å². The van der Waals surface area contributed by atoms with Crippen LogP contribution in [0.25, 0.3) is 0 Å². The molecule has 0 bridgehead atoms. The van der Waals surface area contributed by atoms with Gasteiger partial charge in [-0.3, -0.25) is 0 Å². The zero-order valence-corrected chi connectivity index (χ0v) is 12.8. The number of rotatable bonds is 4. The standard InChI is InChI=1S/C12H18BrNO3S/c1-2-14-12(9-6-7-11(13)17-9)10-5-3-4-8-18(10,15)16/h6-7,10,12,14H,2-5,8H2,1H3. The molecule has 0 aromatic carbocycles. The molecule has 2 unspecified atom stereocenters. The van der Waals surface area contributed by atoms with Gasteiger partial charge in [-0.15, -0.1) is 0 Å². The van der Waals surface area contributed by atoms with Crippen molar-refractivity contribution < 1.29 is 12.8 Å². The molecule has 2 rings (SSSR count). The van der Waals surface area contributed by atoms with Crippen molar-refractivity contribution in [2.75, 3.05) is 12.3 Å². The third-order valence-electron chi connectivity index (χ3n) is 3.33. The molecule has 0 saturated carbocycles. The van der Waals surface area contributed by atoms with Crippen LogP contribution in [0.3, 0.4) is 0 Å². The van der Waals surface area contributed by atoms with E-state index in [0.29, 0.717) is 22.6 Å². The lowest BCUT2D eigenvalue weighted by atomic mass is 10.0. The summed E-state index contributed by atoms with van der Waals surface area (Å²) in [6, 6.07) is 3.39. The van der Waals surface area contributed by atoms with Gasteiger partial charge in [0.05, 0.1) is 17.0 Å². The Morgan fingerprint density at radius 2 is 2.28 bits per heavy atom. The maximum Gasteiger partial charge on any atom is 0.169 e. The Kier molecular flexibility index (Phi) is 4.50. The highest BCUT2D eigenvalue weighted by atomic mass is 79.9. The second-order valence-electron chi connectivity index (χ2n) is 4.58. The summed E-state index contributed by atoms with van der Waals surface area (Å²) in [6.45, 7) is 2.69. The second-order valence-corrected chi connectivity index (χ2v) is 7.70. The predicted octanol–water partition coefficient (Wildman–Crippen LogP) is 2.66. The average molecular weight is 336 g/mol.